The molecule has 0 aromatic carbocycles. The van der Waals surface area contributed by atoms with Gasteiger partial charge in [-0.2, -0.15) is 0 Å². The van der Waals surface area contributed by atoms with Crippen LogP contribution >= 0.6 is 0 Å². The number of allylic oxidation sites excluding steroid dienone is 2. The normalized spacial score (nSPS) is 26.9. The minimum atomic E-state index is 0.119. The second-order valence-corrected chi connectivity index (χ2v) is 5.56. The van der Waals surface area contributed by atoms with Crippen LogP contribution in [0.2, 0.25) is 0 Å². The van der Waals surface area contributed by atoms with Crippen molar-refractivity contribution in [2.45, 2.75) is 33.6 Å². The summed E-state index contributed by atoms with van der Waals surface area (Å²) < 4.78 is 5.79. The van der Waals surface area contributed by atoms with E-state index in [2.05, 4.69) is 32.9 Å². The minimum Gasteiger partial charge on any atom is -0.381 e. The molecule has 2 atom stereocenters. The van der Waals surface area contributed by atoms with Gasteiger partial charge in [0.15, 0.2) is 0 Å². The van der Waals surface area contributed by atoms with Crippen molar-refractivity contribution in [3.63, 3.8) is 0 Å². The number of hydrogen-bond acceptors (Lipinski definition) is 2. The molecule has 2 nitrogen and oxygen atoms in total. The van der Waals surface area contributed by atoms with Crippen LogP contribution in [0.5, 0.6) is 0 Å². The van der Waals surface area contributed by atoms with E-state index in [-0.39, 0.29) is 5.41 Å². The van der Waals surface area contributed by atoms with Crippen molar-refractivity contribution in [2.75, 3.05) is 19.8 Å². The predicted octanol–water partition coefficient (Wildman–Crippen LogP) is 2.59. The Kier molecular flexibility index (Phi) is 4.81. The molecule has 0 amide bonds. The van der Waals surface area contributed by atoms with Gasteiger partial charge in [0.05, 0.1) is 6.61 Å². The van der Waals surface area contributed by atoms with Gasteiger partial charge in [-0.15, -0.1) is 0 Å². The largest absolute Gasteiger partial charge is 0.381 e. The van der Waals surface area contributed by atoms with Crippen molar-refractivity contribution in [3.05, 3.63) is 12.2 Å². The van der Waals surface area contributed by atoms with Gasteiger partial charge in [0.1, 0.15) is 0 Å². The van der Waals surface area contributed by atoms with Crippen LogP contribution in [0.3, 0.4) is 0 Å². The number of hydrogen-bond donors (Lipinski definition) is 1. The fraction of sp³-hybridized carbons (Fsp3) is 0.846. The van der Waals surface area contributed by atoms with E-state index in [9.17, 15) is 0 Å². The van der Waals surface area contributed by atoms with Gasteiger partial charge in [-0.25, -0.2) is 0 Å². The second-order valence-electron chi connectivity index (χ2n) is 5.56. The molecule has 2 heteroatoms. The van der Waals surface area contributed by atoms with E-state index in [4.69, 9.17) is 10.5 Å². The van der Waals surface area contributed by atoms with Crippen molar-refractivity contribution in [3.8, 4) is 0 Å². The van der Waals surface area contributed by atoms with E-state index in [1.54, 1.807) is 0 Å². The van der Waals surface area contributed by atoms with E-state index in [0.29, 0.717) is 12.5 Å². The molecule has 0 aliphatic heterocycles. The van der Waals surface area contributed by atoms with Crippen molar-refractivity contribution in [1.29, 1.82) is 0 Å². The van der Waals surface area contributed by atoms with E-state index in [1.165, 1.54) is 12.8 Å². The second kappa shape index (κ2) is 5.66. The third kappa shape index (κ3) is 4.35. The summed E-state index contributed by atoms with van der Waals surface area (Å²) in [6.07, 6.45) is 6.94. The average molecular weight is 211 g/mol. The Hall–Kier alpha value is -0.340. The smallest absolute Gasteiger partial charge is 0.0529 e. The summed E-state index contributed by atoms with van der Waals surface area (Å²) >= 11 is 0. The first-order chi connectivity index (χ1) is 7.05. The molecule has 1 rings (SSSR count). The SMILES string of the molecule is CC1CC=CCC1COCC(C)(C)CN. The maximum atomic E-state index is 5.79. The summed E-state index contributed by atoms with van der Waals surface area (Å²) in [6.45, 7) is 8.96. The van der Waals surface area contributed by atoms with Gasteiger partial charge in [0.2, 0.25) is 0 Å². The molecule has 1 aliphatic carbocycles. The highest BCUT2D eigenvalue weighted by molar-refractivity contribution is 4.93. The first-order valence-electron chi connectivity index (χ1n) is 5.98. The first kappa shape index (κ1) is 12.7. The maximum Gasteiger partial charge on any atom is 0.0529 e. The molecule has 0 radical (unpaired) electrons. The molecule has 2 unspecified atom stereocenters. The number of rotatable bonds is 5. The van der Waals surface area contributed by atoms with E-state index in [1.807, 2.05) is 0 Å². The fourth-order valence-electron chi connectivity index (χ4n) is 1.78. The van der Waals surface area contributed by atoms with Crippen LogP contribution in [0.25, 0.3) is 0 Å². The van der Waals surface area contributed by atoms with Gasteiger partial charge in [-0.3, -0.25) is 0 Å². The number of nitrogens with two attached hydrogens (primary N) is 1. The first-order valence-corrected chi connectivity index (χ1v) is 5.98. The quantitative estimate of drug-likeness (QED) is 0.709. The summed E-state index contributed by atoms with van der Waals surface area (Å²) in [4.78, 5) is 0. The standard InChI is InChI=1S/C13H25NO/c1-11-6-4-5-7-12(11)8-15-10-13(2,3)9-14/h4-5,11-12H,6-10,14H2,1-3H3. The highest BCUT2D eigenvalue weighted by atomic mass is 16.5. The molecule has 0 aromatic heterocycles. The van der Waals surface area contributed by atoms with Gasteiger partial charge in [-0.1, -0.05) is 32.9 Å². The average Bonchev–Trinajstić information content (AvgIpc) is 2.21. The van der Waals surface area contributed by atoms with Crippen LogP contribution in [0, 0.1) is 17.3 Å². The predicted molar refractivity (Wildman–Crippen MR) is 64.7 cm³/mol. The lowest BCUT2D eigenvalue weighted by atomic mass is 9.85. The molecule has 88 valence electrons. The molecular formula is C13H25NO. The van der Waals surface area contributed by atoms with E-state index in [0.717, 1.165) is 19.1 Å². The Morgan fingerprint density at radius 2 is 2.00 bits per heavy atom. The zero-order chi connectivity index (χ0) is 11.3. The highest BCUT2D eigenvalue weighted by Crippen LogP contribution is 2.25. The summed E-state index contributed by atoms with van der Waals surface area (Å²) in [7, 11) is 0. The molecule has 0 saturated carbocycles. The van der Waals surface area contributed by atoms with Crippen molar-refractivity contribution < 1.29 is 4.74 Å². The monoisotopic (exact) mass is 211 g/mol. The third-order valence-corrected chi connectivity index (χ3v) is 3.30. The molecule has 0 fully saturated rings. The van der Waals surface area contributed by atoms with Gasteiger partial charge >= 0.3 is 0 Å². The molecule has 1 aliphatic rings. The maximum absolute atomic E-state index is 5.79. The van der Waals surface area contributed by atoms with E-state index < -0.39 is 0 Å². The Bertz CT molecular complexity index is 211. The zero-order valence-electron chi connectivity index (χ0n) is 10.3. The molecule has 0 bridgehead atoms. The molecule has 0 saturated heterocycles. The third-order valence-electron chi connectivity index (χ3n) is 3.30. The van der Waals surface area contributed by atoms with Crippen LogP contribution in [0.15, 0.2) is 12.2 Å². The Morgan fingerprint density at radius 3 is 2.60 bits per heavy atom. The molecule has 0 spiro atoms. The van der Waals surface area contributed by atoms with Crippen LogP contribution in [-0.2, 0) is 4.74 Å². The van der Waals surface area contributed by atoms with Crippen LogP contribution < -0.4 is 5.73 Å². The molecule has 0 aromatic rings. The summed E-state index contributed by atoms with van der Waals surface area (Å²) in [6, 6.07) is 0. The summed E-state index contributed by atoms with van der Waals surface area (Å²) in [5, 5.41) is 0. The highest BCUT2D eigenvalue weighted by Gasteiger charge is 2.20. The lowest BCUT2D eigenvalue weighted by Crippen LogP contribution is -2.30. The lowest BCUT2D eigenvalue weighted by molar-refractivity contribution is 0.0312. The number of ether oxygens (including phenoxy) is 1. The van der Waals surface area contributed by atoms with Gasteiger partial charge in [-0.05, 0) is 31.2 Å². The van der Waals surface area contributed by atoms with Crippen LogP contribution in [0.4, 0.5) is 0 Å². The van der Waals surface area contributed by atoms with Gasteiger partial charge in [0, 0.05) is 12.0 Å². The van der Waals surface area contributed by atoms with Gasteiger partial charge in [0.25, 0.3) is 0 Å². The Balaban J connectivity index is 2.22. The van der Waals surface area contributed by atoms with Gasteiger partial charge < -0.3 is 10.5 Å². The van der Waals surface area contributed by atoms with Crippen LogP contribution in [-0.4, -0.2) is 19.8 Å². The molecular weight excluding hydrogens is 186 g/mol. The van der Waals surface area contributed by atoms with E-state index >= 15 is 0 Å². The van der Waals surface area contributed by atoms with Crippen molar-refractivity contribution in [1.82, 2.24) is 0 Å². The lowest BCUT2D eigenvalue weighted by Gasteiger charge is -2.28. The molecule has 0 heterocycles. The Morgan fingerprint density at radius 1 is 1.33 bits per heavy atom. The fourth-order valence-corrected chi connectivity index (χ4v) is 1.78. The molecule has 2 N–H and O–H groups in total. The van der Waals surface area contributed by atoms with Crippen molar-refractivity contribution >= 4 is 0 Å². The topological polar surface area (TPSA) is 35.2 Å². The summed E-state index contributed by atoms with van der Waals surface area (Å²) in [5.74, 6) is 1.46. The summed E-state index contributed by atoms with van der Waals surface area (Å²) in [5.41, 5.74) is 5.78. The zero-order valence-corrected chi connectivity index (χ0v) is 10.3. The Labute approximate surface area is 93.9 Å². The molecule has 15 heavy (non-hydrogen) atoms. The minimum absolute atomic E-state index is 0.119. The van der Waals surface area contributed by atoms with Crippen LogP contribution in [0.1, 0.15) is 33.6 Å². The van der Waals surface area contributed by atoms with Crippen molar-refractivity contribution in [2.24, 2.45) is 23.0 Å².